The maximum absolute atomic E-state index is 10.8. The molecular formula is C7H16O8SiZr. The number of rotatable bonds is 5. The minimum atomic E-state index is -4.22. The molecule has 0 aromatic carbocycles. The summed E-state index contributed by atoms with van der Waals surface area (Å²) in [6.45, 7) is 4.88. The van der Waals surface area contributed by atoms with Crippen LogP contribution < -0.4 is 4.80 Å². The Morgan fingerprint density at radius 1 is 1.35 bits per heavy atom. The molecule has 10 heteroatoms. The van der Waals surface area contributed by atoms with Crippen LogP contribution in [0, 0.1) is 0 Å². The fourth-order valence-corrected chi connectivity index (χ4v) is 1.20. The van der Waals surface area contributed by atoms with Gasteiger partial charge in [-0.15, -0.1) is 0 Å². The fourth-order valence-electron chi connectivity index (χ4n) is 0.591. The van der Waals surface area contributed by atoms with Gasteiger partial charge in [0.25, 0.3) is 0 Å². The Balaban J connectivity index is -0.000000120. The van der Waals surface area contributed by atoms with Gasteiger partial charge in [0, 0.05) is 5.57 Å². The maximum Gasteiger partial charge on any atom is 4.00 e. The van der Waals surface area contributed by atoms with Crippen molar-refractivity contribution >= 4 is 14.8 Å². The van der Waals surface area contributed by atoms with Gasteiger partial charge in [-0.25, -0.2) is 4.79 Å². The molecule has 0 amide bonds. The molecule has 0 aliphatic carbocycles. The van der Waals surface area contributed by atoms with E-state index in [0.29, 0.717) is 0 Å². The Morgan fingerprint density at radius 3 is 2.06 bits per heavy atom. The van der Waals surface area contributed by atoms with E-state index < -0.39 is 14.8 Å². The second-order valence-corrected chi connectivity index (χ2v) is 4.75. The number of hydrogen-bond acceptors (Lipinski definition) is 8. The van der Waals surface area contributed by atoms with Crippen LogP contribution in [0.15, 0.2) is 12.2 Å². The van der Waals surface area contributed by atoms with E-state index in [0.717, 1.165) is 0 Å². The molecule has 0 aliphatic rings. The van der Waals surface area contributed by atoms with Gasteiger partial charge < -0.3 is 35.6 Å². The summed E-state index contributed by atoms with van der Waals surface area (Å²) in [7, 11) is -4.22. The molecule has 0 unspecified atom stereocenters. The van der Waals surface area contributed by atoms with Crippen molar-refractivity contribution in [3.8, 4) is 0 Å². The van der Waals surface area contributed by atoms with Gasteiger partial charge in [0.15, 0.2) is 0 Å². The molecule has 0 spiro atoms. The van der Waals surface area contributed by atoms with Crippen LogP contribution >= 0.6 is 0 Å². The average Bonchev–Trinajstić information content (AvgIpc) is 1.95. The molecule has 0 aliphatic heterocycles. The quantitative estimate of drug-likeness (QED) is 0.254. The zero-order valence-electron chi connectivity index (χ0n) is 9.29. The molecule has 0 aromatic rings. The van der Waals surface area contributed by atoms with E-state index in [1.807, 2.05) is 0 Å². The van der Waals surface area contributed by atoms with E-state index >= 15 is 0 Å². The van der Waals surface area contributed by atoms with E-state index in [2.05, 4.69) is 11.3 Å². The van der Waals surface area contributed by atoms with Gasteiger partial charge >= 0.3 is 32.2 Å². The van der Waals surface area contributed by atoms with Crippen molar-refractivity contribution in [2.75, 3.05) is 6.61 Å². The van der Waals surface area contributed by atoms with Crippen LogP contribution in [0.5, 0.6) is 0 Å². The Hall–Kier alpha value is 0.0700. The molecule has 5 N–H and O–H groups in total. The number of esters is 1. The first-order valence-corrected chi connectivity index (χ1v) is 5.82. The second-order valence-electron chi connectivity index (χ2n) is 2.76. The van der Waals surface area contributed by atoms with Gasteiger partial charge in [0.05, 0.1) is 6.61 Å². The van der Waals surface area contributed by atoms with E-state index in [-0.39, 0.29) is 67.3 Å². The van der Waals surface area contributed by atoms with Gasteiger partial charge in [0.1, 0.15) is 0 Å². The van der Waals surface area contributed by atoms with Gasteiger partial charge in [-0.3, -0.25) is 0 Å². The molecule has 0 radical (unpaired) electrons. The Bertz CT molecular complexity index is 205. The van der Waals surface area contributed by atoms with Gasteiger partial charge in [-0.1, -0.05) is 6.58 Å². The third-order valence-electron chi connectivity index (χ3n) is 1.23. The van der Waals surface area contributed by atoms with E-state index in [4.69, 9.17) is 9.59 Å². The van der Waals surface area contributed by atoms with Crippen molar-refractivity contribution < 1.29 is 66.6 Å². The first kappa shape index (κ1) is 30.3. The smallest absolute Gasteiger partial charge is 0.870 e. The van der Waals surface area contributed by atoms with Crippen LogP contribution in [0.25, 0.3) is 0 Å². The maximum atomic E-state index is 10.8. The Morgan fingerprint density at radius 2 is 1.76 bits per heavy atom. The first-order chi connectivity index (χ1) is 5.83. The molecule has 0 bridgehead atoms. The Kier molecular flexibility index (Phi) is 25.2. The first-order valence-electron chi connectivity index (χ1n) is 3.81. The predicted molar refractivity (Wildman–Crippen MR) is 51.2 cm³/mol. The van der Waals surface area contributed by atoms with E-state index in [1.165, 1.54) is 6.92 Å². The largest absolute Gasteiger partial charge is 4.00 e. The zero-order chi connectivity index (χ0) is 10.5. The van der Waals surface area contributed by atoms with Gasteiger partial charge in [-0.05, 0) is 19.4 Å². The molecule has 0 atom stereocenters. The normalized spacial score (nSPS) is 8.47. The molecular weight excluding hydrogens is 331 g/mol. The zero-order valence-corrected chi connectivity index (χ0v) is 12.7. The minimum Gasteiger partial charge on any atom is -0.870 e. The minimum absolute atomic E-state index is 0. The van der Waals surface area contributed by atoms with Gasteiger partial charge in [0.2, 0.25) is 8.80 Å². The number of carbonyl (C=O) groups excluding carboxylic acids is 1. The molecule has 0 rings (SSSR count). The molecule has 8 nitrogen and oxygen atoms in total. The molecule has 0 fully saturated rings. The SMILES string of the molecule is C=C(C)C(=O)OCCC[Si]([O-])(O)O.[OH-].[OH-].[OH-].[Zr+4]. The fraction of sp³-hybridized carbons (Fsp3) is 0.571. The summed E-state index contributed by atoms with van der Waals surface area (Å²) >= 11 is 0. The van der Waals surface area contributed by atoms with Crippen LogP contribution in [0.1, 0.15) is 13.3 Å². The summed E-state index contributed by atoms with van der Waals surface area (Å²) in [6.07, 6.45) is 0.168. The van der Waals surface area contributed by atoms with Crippen molar-refractivity contribution in [3.63, 3.8) is 0 Å². The van der Waals surface area contributed by atoms with Crippen LogP contribution in [0.4, 0.5) is 0 Å². The van der Waals surface area contributed by atoms with E-state index in [1.54, 1.807) is 0 Å². The van der Waals surface area contributed by atoms with Crippen LogP contribution in [0.2, 0.25) is 6.04 Å². The predicted octanol–water partition coefficient (Wildman–Crippen LogP) is -1.75. The van der Waals surface area contributed by atoms with Gasteiger partial charge in [-0.2, -0.15) is 0 Å². The molecule has 0 aromatic heterocycles. The van der Waals surface area contributed by atoms with Crippen LogP contribution in [0.3, 0.4) is 0 Å². The third-order valence-corrected chi connectivity index (χ3v) is 2.23. The van der Waals surface area contributed by atoms with Crippen molar-refractivity contribution in [3.05, 3.63) is 12.2 Å². The summed E-state index contributed by atoms with van der Waals surface area (Å²) in [5.74, 6) is -0.533. The topological polar surface area (TPSA) is 180 Å². The van der Waals surface area contributed by atoms with Crippen LogP contribution in [-0.2, 0) is 35.7 Å². The summed E-state index contributed by atoms with van der Waals surface area (Å²) in [5, 5.41) is 0. The van der Waals surface area contributed by atoms with Crippen molar-refractivity contribution in [1.82, 2.24) is 0 Å². The monoisotopic (exact) mass is 346 g/mol. The summed E-state index contributed by atoms with van der Waals surface area (Å²) in [4.78, 5) is 38.1. The van der Waals surface area contributed by atoms with Crippen molar-refractivity contribution in [2.24, 2.45) is 0 Å². The van der Waals surface area contributed by atoms with E-state index in [9.17, 15) is 9.59 Å². The second kappa shape index (κ2) is 14.1. The molecule has 0 heterocycles. The number of carbonyl (C=O) groups is 1. The summed E-state index contributed by atoms with van der Waals surface area (Å²) in [6, 6.07) is -0.240. The molecule has 0 saturated carbocycles. The number of ether oxygens (including phenoxy) is 1. The van der Waals surface area contributed by atoms with Crippen LogP contribution in [-0.4, -0.2) is 47.4 Å². The molecule has 100 valence electrons. The summed E-state index contributed by atoms with van der Waals surface area (Å²) < 4.78 is 4.62. The third kappa shape index (κ3) is 21.8. The molecule has 0 saturated heterocycles. The standard InChI is InChI=1S/C7H13O5Si.3H2O.Zr/c1-6(2)7(8)12-4-3-5-13(9,10)11;;;;/h9-10H,1,3-5H2,2H3;3*1H2;/q-1;;;;+4/p-3. The summed E-state index contributed by atoms with van der Waals surface area (Å²) in [5.41, 5.74) is 0.277. The number of hydrogen-bond donors (Lipinski definition) is 2. The average molecular weight is 348 g/mol. The Labute approximate surface area is 119 Å². The molecule has 17 heavy (non-hydrogen) atoms. The van der Waals surface area contributed by atoms with Crippen molar-refractivity contribution in [2.45, 2.75) is 19.4 Å². The van der Waals surface area contributed by atoms with Crippen molar-refractivity contribution in [1.29, 1.82) is 0 Å².